The Bertz CT molecular complexity index is 735. The number of carbonyl (C=O) groups excluding carboxylic acids is 2. The van der Waals surface area contributed by atoms with Crippen LogP contribution in [0.25, 0.3) is 0 Å². The number of piperazine rings is 1. The van der Waals surface area contributed by atoms with Gasteiger partial charge in [0.2, 0.25) is 5.91 Å². The average molecular weight is 362 g/mol. The fourth-order valence-electron chi connectivity index (χ4n) is 3.21. The molecule has 0 radical (unpaired) electrons. The molecule has 8 heteroatoms. The monoisotopic (exact) mass is 362 g/mol. The van der Waals surface area contributed by atoms with Crippen molar-refractivity contribution in [2.75, 3.05) is 40.4 Å². The van der Waals surface area contributed by atoms with Gasteiger partial charge in [-0.2, -0.15) is 0 Å². The van der Waals surface area contributed by atoms with Crippen LogP contribution in [0.15, 0.2) is 18.2 Å². The van der Waals surface area contributed by atoms with Crippen LogP contribution >= 0.6 is 0 Å². The highest BCUT2D eigenvalue weighted by atomic mass is 16.5. The zero-order valence-corrected chi connectivity index (χ0v) is 14.9. The molecule has 0 spiro atoms. The van der Waals surface area contributed by atoms with Gasteiger partial charge in [0.05, 0.1) is 19.8 Å². The van der Waals surface area contributed by atoms with Gasteiger partial charge in [-0.25, -0.2) is 0 Å². The van der Waals surface area contributed by atoms with Crippen molar-refractivity contribution in [2.45, 2.75) is 12.8 Å². The molecule has 1 saturated carbocycles. The summed E-state index contributed by atoms with van der Waals surface area (Å²) in [5, 5.41) is 9.26. The van der Waals surface area contributed by atoms with E-state index in [0.29, 0.717) is 56.1 Å². The number of ether oxygens (including phenoxy) is 2. The van der Waals surface area contributed by atoms with Crippen LogP contribution in [-0.2, 0) is 9.59 Å². The van der Waals surface area contributed by atoms with Gasteiger partial charge in [0.25, 0.3) is 5.91 Å². The van der Waals surface area contributed by atoms with E-state index < -0.39 is 11.4 Å². The van der Waals surface area contributed by atoms with Crippen LogP contribution in [0.4, 0.5) is 0 Å². The molecule has 1 aliphatic carbocycles. The number of benzene rings is 1. The second-order valence-corrected chi connectivity index (χ2v) is 6.54. The lowest BCUT2D eigenvalue weighted by atomic mass is 10.1. The number of carboxylic acid groups (broad SMARTS) is 1. The first-order valence-electron chi connectivity index (χ1n) is 8.47. The molecule has 26 heavy (non-hydrogen) atoms. The van der Waals surface area contributed by atoms with Crippen molar-refractivity contribution in [3.8, 4) is 11.5 Å². The third-order valence-corrected chi connectivity index (χ3v) is 5.06. The summed E-state index contributed by atoms with van der Waals surface area (Å²) in [6.07, 6.45) is 0.784. The Balaban J connectivity index is 1.66. The first-order valence-corrected chi connectivity index (χ1v) is 8.47. The summed E-state index contributed by atoms with van der Waals surface area (Å²) in [5.74, 6) is -0.549. The van der Waals surface area contributed by atoms with E-state index in [4.69, 9.17) is 9.47 Å². The summed E-state index contributed by atoms with van der Waals surface area (Å²) in [6, 6.07) is 5.00. The van der Waals surface area contributed by atoms with E-state index in [1.165, 1.54) is 14.2 Å². The average Bonchev–Trinajstić information content (AvgIpc) is 3.48. The SMILES string of the molecule is COc1ccc(C(=O)N2CCN(C(=O)C3(C(=O)O)CC3)CC2)c(OC)c1. The highest BCUT2D eigenvalue weighted by molar-refractivity contribution is 6.05. The lowest BCUT2D eigenvalue weighted by molar-refractivity contribution is -0.154. The summed E-state index contributed by atoms with van der Waals surface area (Å²) in [5.41, 5.74) is -0.803. The molecule has 8 nitrogen and oxygen atoms in total. The smallest absolute Gasteiger partial charge is 0.319 e. The Hall–Kier alpha value is -2.77. The minimum Gasteiger partial charge on any atom is -0.497 e. The van der Waals surface area contributed by atoms with Crippen LogP contribution in [-0.4, -0.2) is 73.1 Å². The number of carboxylic acids is 1. The molecular weight excluding hydrogens is 340 g/mol. The maximum absolute atomic E-state index is 12.8. The highest BCUT2D eigenvalue weighted by Gasteiger charge is 2.58. The maximum Gasteiger partial charge on any atom is 0.319 e. The molecule has 3 rings (SSSR count). The van der Waals surface area contributed by atoms with Crippen LogP contribution in [0.2, 0.25) is 0 Å². The number of nitrogens with zero attached hydrogens (tertiary/aromatic N) is 2. The van der Waals surface area contributed by atoms with Gasteiger partial charge < -0.3 is 24.4 Å². The lowest BCUT2D eigenvalue weighted by Gasteiger charge is -2.36. The largest absolute Gasteiger partial charge is 0.497 e. The first-order chi connectivity index (χ1) is 12.4. The van der Waals surface area contributed by atoms with Crippen LogP contribution in [0.1, 0.15) is 23.2 Å². The van der Waals surface area contributed by atoms with Crippen LogP contribution in [0, 0.1) is 5.41 Å². The number of aliphatic carboxylic acids is 1. The van der Waals surface area contributed by atoms with Gasteiger partial charge in [-0.05, 0) is 25.0 Å². The Morgan fingerprint density at radius 3 is 2.12 bits per heavy atom. The first kappa shape index (κ1) is 18.0. The summed E-state index contributed by atoms with van der Waals surface area (Å²) < 4.78 is 10.4. The van der Waals surface area contributed by atoms with E-state index in [2.05, 4.69) is 0 Å². The lowest BCUT2D eigenvalue weighted by Crippen LogP contribution is -2.53. The standard InChI is InChI=1S/C18H22N2O6/c1-25-12-3-4-13(14(11-12)26-2)15(21)19-7-9-20(10-8-19)16(22)18(5-6-18)17(23)24/h3-4,11H,5-10H2,1-2H3,(H,23,24). The molecule has 1 heterocycles. The Labute approximate surface area is 151 Å². The number of carbonyl (C=O) groups is 3. The predicted octanol–water partition coefficient (Wildman–Crippen LogP) is 0.853. The van der Waals surface area contributed by atoms with E-state index in [1.807, 2.05) is 0 Å². The van der Waals surface area contributed by atoms with Crippen LogP contribution < -0.4 is 9.47 Å². The van der Waals surface area contributed by atoms with Crippen molar-refractivity contribution in [1.29, 1.82) is 0 Å². The summed E-state index contributed by atoms with van der Waals surface area (Å²) in [4.78, 5) is 39.7. The predicted molar refractivity (Wildman–Crippen MR) is 91.3 cm³/mol. The number of rotatable bonds is 5. The zero-order chi connectivity index (χ0) is 18.9. The maximum atomic E-state index is 12.8. The molecule has 0 atom stereocenters. The molecule has 0 bridgehead atoms. The molecule has 0 unspecified atom stereocenters. The Morgan fingerprint density at radius 1 is 1.00 bits per heavy atom. The van der Waals surface area contributed by atoms with Gasteiger partial charge >= 0.3 is 5.97 Å². The van der Waals surface area contributed by atoms with E-state index in [-0.39, 0.29) is 11.8 Å². The van der Waals surface area contributed by atoms with Crippen molar-refractivity contribution in [3.05, 3.63) is 23.8 Å². The third-order valence-electron chi connectivity index (χ3n) is 5.06. The summed E-state index contributed by atoms with van der Waals surface area (Å²) >= 11 is 0. The number of hydrogen-bond donors (Lipinski definition) is 1. The second kappa shape index (κ2) is 6.86. The summed E-state index contributed by atoms with van der Waals surface area (Å²) in [7, 11) is 3.03. The van der Waals surface area contributed by atoms with Gasteiger partial charge in [0.1, 0.15) is 16.9 Å². The number of methoxy groups -OCH3 is 2. The van der Waals surface area contributed by atoms with E-state index in [9.17, 15) is 19.5 Å². The van der Waals surface area contributed by atoms with Gasteiger partial charge in [-0.1, -0.05) is 0 Å². The zero-order valence-electron chi connectivity index (χ0n) is 14.9. The number of amides is 2. The third kappa shape index (κ3) is 3.07. The van der Waals surface area contributed by atoms with Crippen molar-refractivity contribution in [3.63, 3.8) is 0 Å². The van der Waals surface area contributed by atoms with Gasteiger partial charge in [-0.3, -0.25) is 14.4 Å². The normalized spacial score (nSPS) is 18.2. The molecule has 1 aromatic rings. The molecule has 1 saturated heterocycles. The minimum atomic E-state index is -1.23. The molecule has 1 aromatic carbocycles. The molecule has 1 N–H and O–H groups in total. The van der Waals surface area contributed by atoms with Gasteiger partial charge in [0.15, 0.2) is 0 Å². The molecular formula is C18H22N2O6. The Kier molecular flexibility index (Phi) is 4.76. The molecule has 2 aliphatic rings. The molecule has 2 amide bonds. The van der Waals surface area contributed by atoms with E-state index >= 15 is 0 Å². The van der Waals surface area contributed by atoms with Crippen molar-refractivity contribution < 1.29 is 29.0 Å². The van der Waals surface area contributed by atoms with Crippen LogP contribution in [0.3, 0.4) is 0 Å². The highest BCUT2D eigenvalue weighted by Crippen LogP contribution is 2.47. The van der Waals surface area contributed by atoms with Crippen molar-refractivity contribution >= 4 is 17.8 Å². The van der Waals surface area contributed by atoms with Gasteiger partial charge in [-0.15, -0.1) is 0 Å². The fourth-order valence-corrected chi connectivity index (χ4v) is 3.21. The summed E-state index contributed by atoms with van der Waals surface area (Å²) in [6.45, 7) is 1.38. The number of hydrogen-bond acceptors (Lipinski definition) is 5. The molecule has 0 aromatic heterocycles. The van der Waals surface area contributed by atoms with Crippen molar-refractivity contribution in [2.24, 2.45) is 5.41 Å². The van der Waals surface area contributed by atoms with Crippen LogP contribution in [0.5, 0.6) is 11.5 Å². The molecule has 1 aliphatic heterocycles. The van der Waals surface area contributed by atoms with Gasteiger partial charge in [0, 0.05) is 32.2 Å². The minimum absolute atomic E-state index is 0.184. The topological polar surface area (TPSA) is 96.4 Å². The molecule has 2 fully saturated rings. The van der Waals surface area contributed by atoms with Crippen molar-refractivity contribution in [1.82, 2.24) is 9.80 Å². The molecule has 140 valence electrons. The quantitative estimate of drug-likeness (QED) is 0.780. The Morgan fingerprint density at radius 2 is 1.62 bits per heavy atom. The second-order valence-electron chi connectivity index (χ2n) is 6.54. The van der Waals surface area contributed by atoms with E-state index in [1.54, 1.807) is 28.0 Å². The van der Waals surface area contributed by atoms with E-state index in [0.717, 1.165) is 0 Å². The fraction of sp³-hybridized carbons (Fsp3) is 0.500.